The average Bonchev–Trinajstić information content (AvgIpc) is 3.05. The van der Waals surface area contributed by atoms with Crippen molar-refractivity contribution >= 4 is 58.2 Å². The van der Waals surface area contributed by atoms with Gasteiger partial charge in [0.25, 0.3) is 0 Å². The maximum atomic E-state index is 14.1. The Labute approximate surface area is 179 Å². The van der Waals surface area contributed by atoms with Crippen LogP contribution in [0, 0.1) is 6.92 Å². The topological polar surface area (TPSA) is 29.4 Å². The van der Waals surface area contributed by atoms with Crippen molar-refractivity contribution in [1.82, 2.24) is 0 Å². The number of hydrogen-bond donors (Lipinski definition) is 0. The number of hydrogen-bond acceptors (Lipinski definition) is 3. The summed E-state index contributed by atoms with van der Waals surface area (Å²) >= 11 is 18.3. The Morgan fingerprint density at radius 3 is 2.25 bits per heavy atom. The molecule has 2 aromatic carbocycles. The highest BCUT2D eigenvalue weighted by molar-refractivity contribution is 7.99. The molecule has 1 aliphatic rings. The van der Waals surface area contributed by atoms with Gasteiger partial charge in [-0.15, -0.1) is 0 Å². The Balaban J connectivity index is 2.04. The van der Waals surface area contributed by atoms with Crippen LogP contribution in [0.3, 0.4) is 0 Å². The molecule has 1 heterocycles. The molecule has 1 unspecified atom stereocenters. The van der Waals surface area contributed by atoms with E-state index >= 15 is 0 Å². The highest BCUT2D eigenvalue weighted by Crippen LogP contribution is 2.57. The van der Waals surface area contributed by atoms with Crippen LogP contribution in [-0.2, 0) is 4.75 Å². The van der Waals surface area contributed by atoms with Gasteiger partial charge in [0.1, 0.15) is 0 Å². The number of carbonyl (C=O) groups is 1. The van der Waals surface area contributed by atoms with Crippen molar-refractivity contribution < 1.29 is 18.0 Å². The maximum absolute atomic E-state index is 14.1. The van der Waals surface area contributed by atoms with E-state index in [0.717, 1.165) is 0 Å². The second-order valence-electron chi connectivity index (χ2n) is 6.47. The number of aryl methyl sites for hydroxylation is 1. The number of alkyl halides is 3. The monoisotopic (exact) mass is 465 g/mol. The van der Waals surface area contributed by atoms with E-state index in [-0.39, 0.29) is 32.1 Å². The number of rotatable bonds is 3. The number of Topliss-reactive ketones (excluding diaryl/α,β-unsaturated/α-hetero) is 1. The number of benzene rings is 2. The smallest absolute Gasteiger partial charge is 0.295 e. The van der Waals surface area contributed by atoms with Crippen molar-refractivity contribution in [2.75, 3.05) is 0 Å². The van der Waals surface area contributed by atoms with Gasteiger partial charge >= 0.3 is 6.18 Å². The molecular weight excluding hydrogens is 454 g/mol. The van der Waals surface area contributed by atoms with E-state index < -0.39 is 17.3 Å². The van der Waals surface area contributed by atoms with E-state index in [1.165, 1.54) is 19.1 Å². The van der Waals surface area contributed by atoms with Gasteiger partial charge in [0, 0.05) is 12.0 Å². The van der Waals surface area contributed by atoms with Crippen LogP contribution in [0.2, 0.25) is 15.1 Å². The van der Waals surface area contributed by atoms with Gasteiger partial charge in [-0.05, 0) is 60.7 Å². The lowest BCUT2D eigenvalue weighted by atomic mass is 9.88. The molecule has 0 bridgehead atoms. The van der Waals surface area contributed by atoms with Gasteiger partial charge in [-0.25, -0.2) is 4.40 Å². The lowest BCUT2D eigenvalue weighted by molar-refractivity contribution is -0.159. The van der Waals surface area contributed by atoms with Crippen molar-refractivity contribution in [2.24, 2.45) is 4.40 Å². The van der Waals surface area contributed by atoms with Gasteiger partial charge in [0.05, 0.1) is 20.8 Å². The summed E-state index contributed by atoms with van der Waals surface area (Å²) in [6.07, 6.45) is -5.01. The summed E-state index contributed by atoms with van der Waals surface area (Å²) in [5.74, 6) is -0.109. The molecule has 0 fully saturated rings. The summed E-state index contributed by atoms with van der Waals surface area (Å²) in [7, 11) is 0. The summed E-state index contributed by atoms with van der Waals surface area (Å²) in [5, 5.41) is -0.101. The molecule has 3 rings (SSSR count). The zero-order valence-corrected chi connectivity index (χ0v) is 17.7. The largest absolute Gasteiger partial charge is 0.409 e. The fraction of sp³-hybridized carbons (Fsp3) is 0.263. The van der Waals surface area contributed by atoms with Crippen LogP contribution < -0.4 is 0 Å². The lowest BCUT2D eigenvalue weighted by Crippen LogP contribution is -2.38. The highest BCUT2D eigenvalue weighted by atomic mass is 35.5. The molecule has 0 amide bonds. The molecule has 0 spiro atoms. The van der Waals surface area contributed by atoms with E-state index in [1.54, 1.807) is 25.1 Å². The molecule has 2 nitrogen and oxygen atoms in total. The van der Waals surface area contributed by atoms with E-state index in [9.17, 15) is 18.0 Å². The summed E-state index contributed by atoms with van der Waals surface area (Å²) in [6, 6.07) is 7.24. The van der Waals surface area contributed by atoms with Crippen LogP contribution in [0.1, 0.15) is 40.4 Å². The van der Waals surface area contributed by atoms with Crippen molar-refractivity contribution in [2.45, 2.75) is 31.2 Å². The van der Waals surface area contributed by atoms with Crippen molar-refractivity contribution in [3.63, 3.8) is 0 Å². The van der Waals surface area contributed by atoms with Gasteiger partial charge < -0.3 is 0 Å². The van der Waals surface area contributed by atoms with Crippen molar-refractivity contribution in [1.29, 1.82) is 0 Å². The number of ketones is 1. The van der Waals surface area contributed by atoms with E-state index in [2.05, 4.69) is 4.40 Å². The molecule has 0 saturated carbocycles. The zero-order valence-electron chi connectivity index (χ0n) is 14.6. The third kappa shape index (κ3) is 3.67. The Hall–Kier alpha value is -1.21. The van der Waals surface area contributed by atoms with Crippen LogP contribution in [0.15, 0.2) is 34.7 Å². The number of nitrogens with zero attached hydrogens (tertiary/aromatic N) is 1. The van der Waals surface area contributed by atoms with Gasteiger partial charge in [-0.1, -0.05) is 46.9 Å². The first-order valence-corrected chi connectivity index (χ1v) is 9.96. The first kappa shape index (κ1) is 21.5. The van der Waals surface area contributed by atoms with Crippen molar-refractivity contribution in [3.05, 3.63) is 67.7 Å². The minimum Gasteiger partial charge on any atom is -0.295 e. The first-order valence-electron chi connectivity index (χ1n) is 8.05. The highest BCUT2D eigenvalue weighted by Gasteiger charge is 2.60. The Morgan fingerprint density at radius 2 is 1.75 bits per heavy atom. The molecule has 1 atom stereocenters. The third-order valence-corrected chi connectivity index (χ3v) is 7.01. The Kier molecular flexibility index (Phi) is 5.80. The molecule has 28 heavy (non-hydrogen) atoms. The predicted octanol–water partition coefficient (Wildman–Crippen LogP) is 7.46. The van der Waals surface area contributed by atoms with E-state index in [1.807, 2.05) is 0 Å². The lowest BCUT2D eigenvalue weighted by Gasteiger charge is -2.30. The van der Waals surface area contributed by atoms with Crippen LogP contribution in [-0.4, -0.2) is 17.7 Å². The van der Waals surface area contributed by atoms with Crippen molar-refractivity contribution in [3.8, 4) is 0 Å². The quantitative estimate of drug-likeness (QED) is 0.267. The average molecular weight is 467 g/mol. The third-order valence-electron chi connectivity index (χ3n) is 4.58. The Morgan fingerprint density at radius 1 is 1.14 bits per heavy atom. The summed E-state index contributed by atoms with van der Waals surface area (Å²) in [5.41, 5.74) is 1.91. The SMILES string of the molecule is CC(=O)c1ccc(C2=NSC(c3cc(Cl)c(Cl)c(Cl)c3)(C(F)(F)F)C2)cc1C. The molecule has 9 heteroatoms. The fourth-order valence-corrected chi connectivity index (χ4v) is 4.65. The molecule has 2 aromatic rings. The normalized spacial score (nSPS) is 19.6. The van der Waals surface area contributed by atoms with Gasteiger partial charge in [-0.2, -0.15) is 13.2 Å². The zero-order chi connectivity index (χ0) is 20.9. The van der Waals surface area contributed by atoms with Gasteiger partial charge in [0.15, 0.2) is 10.5 Å². The molecular formula is C19H13Cl3F3NOS. The summed E-state index contributed by atoms with van der Waals surface area (Å²) in [4.78, 5) is 11.6. The van der Waals surface area contributed by atoms with E-state index in [0.29, 0.717) is 28.6 Å². The second-order valence-corrected chi connectivity index (χ2v) is 8.73. The minimum absolute atomic E-state index is 0.00370. The van der Waals surface area contributed by atoms with Crippen LogP contribution in [0.4, 0.5) is 13.2 Å². The predicted molar refractivity (Wildman–Crippen MR) is 109 cm³/mol. The van der Waals surface area contributed by atoms with Gasteiger partial charge in [-0.3, -0.25) is 4.79 Å². The standard InChI is InChI=1S/C19H13Cl3F3NOS/c1-9-5-11(3-4-13(9)10(2)27)16-8-18(28-26-16,19(23,24)25)12-6-14(20)17(22)15(21)7-12/h3-7H,8H2,1-2H3. The molecule has 0 radical (unpaired) electrons. The Bertz CT molecular complexity index is 983. The molecule has 0 saturated heterocycles. The van der Waals surface area contributed by atoms with Crippen LogP contribution >= 0.6 is 46.8 Å². The number of carbonyl (C=O) groups excluding carboxylic acids is 1. The maximum Gasteiger partial charge on any atom is 0.409 e. The molecule has 148 valence electrons. The van der Waals surface area contributed by atoms with Gasteiger partial charge in [0.2, 0.25) is 0 Å². The second kappa shape index (κ2) is 7.56. The molecule has 0 aliphatic carbocycles. The summed E-state index contributed by atoms with van der Waals surface area (Å²) < 4.78 is 44.2. The van der Waals surface area contributed by atoms with E-state index in [4.69, 9.17) is 34.8 Å². The first-order chi connectivity index (χ1) is 13.0. The molecule has 0 N–H and O–H groups in total. The molecule has 1 aliphatic heterocycles. The fourth-order valence-electron chi connectivity index (χ4n) is 3.09. The van der Waals surface area contributed by atoms with Crippen LogP contribution in [0.5, 0.6) is 0 Å². The minimum atomic E-state index is -4.61. The number of halogens is 6. The van der Waals surface area contributed by atoms with Crippen LogP contribution in [0.25, 0.3) is 0 Å². The summed E-state index contributed by atoms with van der Waals surface area (Å²) in [6.45, 7) is 3.17. The molecule has 0 aromatic heterocycles.